The second-order valence-electron chi connectivity index (χ2n) is 9.36. The van der Waals surface area contributed by atoms with Crippen LogP contribution in [-0.2, 0) is 13.2 Å². The van der Waals surface area contributed by atoms with Crippen molar-refractivity contribution in [3.8, 4) is 28.4 Å². The maximum absolute atomic E-state index is 6.44. The number of halogens is 1. The molecular formula is C30H37ClN2O3. The number of hydrogen-bond donors (Lipinski definition) is 1. The molecule has 4 rings (SSSR count). The zero-order valence-electron chi connectivity index (χ0n) is 21.6. The summed E-state index contributed by atoms with van der Waals surface area (Å²) in [6, 6.07) is 16.2. The molecule has 2 N–H and O–H groups in total. The molecule has 0 spiro atoms. The molecule has 0 radical (unpaired) electrons. The molecule has 36 heavy (non-hydrogen) atoms. The van der Waals surface area contributed by atoms with E-state index >= 15 is 0 Å². The maximum Gasteiger partial charge on any atom is 0.142 e. The van der Waals surface area contributed by atoms with Crippen LogP contribution in [0.1, 0.15) is 41.5 Å². The highest BCUT2D eigenvalue weighted by Gasteiger charge is 2.15. The minimum absolute atomic E-state index is 0.352. The van der Waals surface area contributed by atoms with Crippen molar-refractivity contribution < 1.29 is 14.2 Å². The topological polar surface area (TPSA) is 57.0 Å². The summed E-state index contributed by atoms with van der Waals surface area (Å²) >= 11 is 6.44. The molecule has 0 saturated carbocycles. The van der Waals surface area contributed by atoms with Gasteiger partial charge >= 0.3 is 0 Å². The molecule has 3 aromatic carbocycles. The Hall–Kier alpha value is -2.73. The summed E-state index contributed by atoms with van der Waals surface area (Å²) in [5, 5.41) is 0.524. The molecule has 0 aliphatic carbocycles. The van der Waals surface area contributed by atoms with Crippen LogP contribution in [0.3, 0.4) is 0 Å². The number of likely N-dealkylation sites (tertiary alicyclic amines) is 1. The highest BCUT2D eigenvalue weighted by atomic mass is 35.5. The quantitative estimate of drug-likeness (QED) is 0.298. The summed E-state index contributed by atoms with van der Waals surface area (Å²) in [4.78, 5) is 2.53. The molecular weight excluding hydrogens is 472 g/mol. The van der Waals surface area contributed by atoms with Crippen molar-refractivity contribution in [3.63, 3.8) is 0 Å². The van der Waals surface area contributed by atoms with E-state index in [2.05, 4.69) is 55.1 Å². The monoisotopic (exact) mass is 508 g/mol. The lowest BCUT2D eigenvalue weighted by atomic mass is 9.93. The predicted octanol–water partition coefficient (Wildman–Crippen LogP) is 6.53. The molecule has 1 heterocycles. The third-order valence-electron chi connectivity index (χ3n) is 7.03. The van der Waals surface area contributed by atoms with Gasteiger partial charge in [0.2, 0.25) is 0 Å². The van der Waals surface area contributed by atoms with Crippen LogP contribution in [0.2, 0.25) is 5.02 Å². The van der Waals surface area contributed by atoms with Gasteiger partial charge in [-0.2, -0.15) is 0 Å². The van der Waals surface area contributed by atoms with Gasteiger partial charge in [-0.1, -0.05) is 41.9 Å². The second-order valence-corrected chi connectivity index (χ2v) is 9.76. The lowest BCUT2D eigenvalue weighted by Gasteiger charge is -2.18. The smallest absolute Gasteiger partial charge is 0.142 e. The first-order chi connectivity index (χ1) is 17.5. The van der Waals surface area contributed by atoms with E-state index in [4.69, 9.17) is 31.5 Å². The Morgan fingerprint density at radius 3 is 2.31 bits per heavy atom. The third-order valence-corrected chi connectivity index (χ3v) is 7.33. The SMILES string of the molecule is COc1cc(OCc2cccc(-c3cccc(OCCCN4CCCC4)c3C)c2C)c(Cl)cc1CN. The second kappa shape index (κ2) is 12.5. The fourth-order valence-corrected chi connectivity index (χ4v) is 5.10. The molecule has 3 aromatic rings. The molecule has 1 aliphatic rings. The van der Waals surface area contributed by atoms with Gasteiger partial charge in [0.1, 0.15) is 23.9 Å². The third kappa shape index (κ3) is 6.15. The van der Waals surface area contributed by atoms with Crippen LogP contribution in [0, 0.1) is 13.8 Å². The molecule has 0 aromatic heterocycles. The van der Waals surface area contributed by atoms with Crippen LogP contribution in [-0.4, -0.2) is 38.3 Å². The number of hydrogen-bond acceptors (Lipinski definition) is 5. The molecule has 6 heteroatoms. The van der Waals surface area contributed by atoms with E-state index in [1.165, 1.54) is 42.6 Å². The van der Waals surface area contributed by atoms with E-state index in [1.54, 1.807) is 19.2 Å². The van der Waals surface area contributed by atoms with Crippen molar-refractivity contribution in [1.29, 1.82) is 0 Å². The van der Waals surface area contributed by atoms with Crippen LogP contribution < -0.4 is 19.9 Å². The van der Waals surface area contributed by atoms with Crippen molar-refractivity contribution in [3.05, 3.63) is 75.8 Å². The van der Waals surface area contributed by atoms with Gasteiger partial charge in [-0.25, -0.2) is 0 Å². The maximum atomic E-state index is 6.44. The van der Waals surface area contributed by atoms with E-state index in [0.29, 0.717) is 29.7 Å². The van der Waals surface area contributed by atoms with Gasteiger partial charge in [-0.05, 0) is 86.1 Å². The molecule has 0 bridgehead atoms. The molecule has 192 valence electrons. The Kier molecular flexibility index (Phi) is 9.13. The minimum atomic E-state index is 0.352. The van der Waals surface area contributed by atoms with Crippen LogP contribution in [0.5, 0.6) is 17.2 Å². The first-order valence-corrected chi connectivity index (χ1v) is 13.1. The Morgan fingerprint density at radius 1 is 0.861 bits per heavy atom. The molecule has 0 unspecified atom stereocenters. The fraction of sp³-hybridized carbons (Fsp3) is 0.400. The number of nitrogens with two attached hydrogens (primary N) is 1. The van der Waals surface area contributed by atoms with Crippen molar-refractivity contribution in [2.45, 2.75) is 46.3 Å². The van der Waals surface area contributed by atoms with Crippen molar-refractivity contribution in [2.75, 3.05) is 33.4 Å². The lowest BCUT2D eigenvalue weighted by Crippen LogP contribution is -2.22. The number of ether oxygens (including phenoxy) is 3. The van der Waals surface area contributed by atoms with Crippen LogP contribution >= 0.6 is 11.6 Å². The fourth-order valence-electron chi connectivity index (χ4n) is 4.86. The van der Waals surface area contributed by atoms with Gasteiger partial charge < -0.3 is 24.8 Å². The van der Waals surface area contributed by atoms with Crippen LogP contribution in [0.25, 0.3) is 11.1 Å². The molecule has 1 fully saturated rings. The normalized spacial score (nSPS) is 13.7. The zero-order chi connectivity index (χ0) is 25.5. The number of nitrogens with zero attached hydrogens (tertiary/aromatic N) is 1. The van der Waals surface area contributed by atoms with Gasteiger partial charge in [0, 0.05) is 24.7 Å². The van der Waals surface area contributed by atoms with Crippen molar-refractivity contribution in [2.24, 2.45) is 5.73 Å². The summed E-state index contributed by atoms with van der Waals surface area (Å²) in [5.74, 6) is 2.21. The standard InChI is InChI=1S/C30H37ClN2O3/c1-21-23(20-36-30-18-29(34-3)24(19-32)17-27(30)31)9-6-10-25(21)26-11-7-12-28(22(26)2)35-16-8-15-33-13-4-5-14-33/h6-7,9-12,17-18H,4-5,8,13-16,19-20,32H2,1-3H3. The van der Waals surface area contributed by atoms with Crippen molar-refractivity contribution >= 4 is 11.6 Å². The first kappa shape index (κ1) is 26.3. The van der Waals surface area contributed by atoms with Gasteiger partial charge in [-0.15, -0.1) is 0 Å². The average molecular weight is 509 g/mol. The molecule has 1 aliphatic heterocycles. The zero-order valence-corrected chi connectivity index (χ0v) is 22.4. The number of benzene rings is 3. The first-order valence-electron chi connectivity index (χ1n) is 12.7. The molecule has 5 nitrogen and oxygen atoms in total. The minimum Gasteiger partial charge on any atom is -0.496 e. The summed E-state index contributed by atoms with van der Waals surface area (Å²) in [6.45, 7) is 9.33. The lowest BCUT2D eigenvalue weighted by molar-refractivity contribution is 0.262. The van der Waals surface area contributed by atoms with E-state index < -0.39 is 0 Å². The van der Waals surface area contributed by atoms with Gasteiger partial charge in [0.05, 0.1) is 18.7 Å². The van der Waals surface area contributed by atoms with E-state index in [1.807, 2.05) is 0 Å². The largest absolute Gasteiger partial charge is 0.496 e. The Bertz CT molecular complexity index is 1180. The van der Waals surface area contributed by atoms with E-state index in [0.717, 1.165) is 42.0 Å². The summed E-state index contributed by atoms with van der Waals surface area (Å²) in [7, 11) is 1.62. The summed E-state index contributed by atoms with van der Waals surface area (Å²) < 4.78 is 17.8. The molecule has 1 saturated heterocycles. The Balaban J connectivity index is 1.46. The van der Waals surface area contributed by atoms with Crippen LogP contribution in [0.15, 0.2) is 48.5 Å². The highest BCUT2D eigenvalue weighted by Crippen LogP contribution is 2.35. The number of rotatable bonds is 11. The summed E-state index contributed by atoms with van der Waals surface area (Å²) in [5.41, 5.74) is 12.4. The average Bonchev–Trinajstić information content (AvgIpc) is 3.41. The Labute approximate surface area is 220 Å². The van der Waals surface area contributed by atoms with Gasteiger partial charge in [0.15, 0.2) is 0 Å². The summed E-state index contributed by atoms with van der Waals surface area (Å²) in [6.07, 6.45) is 3.70. The predicted molar refractivity (Wildman–Crippen MR) is 147 cm³/mol. The van der Waals surface area contributed by atoms with E-state index in [9.17, 15) is 0 Å². The van der Waals surface area contributed by atoms with E-state index in [-0.39, 0.29) is 0 Å². The van der Waals surface area contributed by atoms with Crippen LogP contribution in [0.4, 0.5) is 0 Å². The Morgan fingerprint density at radius 2 is 1.58 bits per heavy atom. The van der Waals surface area contributed by atoms with Crippen molar-refractivity contribution in [1.82, 2.24) is 4.90 Å². The molecule has 0 amide bonds. The number of methoxy groups -OCH3 is 1. The highest BCUT2D eigenvalue weighted by molar-refractivity contribution is 6.32. The van der Waals surface area contributed by atoms with Gasteiger partial charge in [0.25, 0.3) is 0 Å². The molecule has 0 atom stereocenters. The van der Waals surface area contributed by atoms with Gasteiger partial charge in [-0.3, -0.25) is 0 Å².